The zero-order valence-corrected chi connectivity index (χ0v) is 21.7. The average Bonchev–Trinajstić information content (AvgIpc) is 3.43. The zero-order chi connectivity index (χ0) is 26.0. The van der Waals surface area contributed by atoms with Gasteiger partial charge in [0, 0.05) is 14.9 Å². The van der Waals surface area contributed by atoms with Crippen LogP contribution in [-0.4, -0.2) is 24.0 Å². The fourth-order valence-corrected chi connectivity index (χ4v) is 4.20. The normalized spacial score (nSPS) is 11.2. The molecule has 37 heavy (non-hydrogen) atoms. The number of ether oxygens (including phenoxy) is 1. The molecule has 0 spiro atoms. The van der Waals surface area contributed by atoms with Crippen LogP contribution in [-0.2, 0) is 4.79 Å². The molecule has 4 rings (SSSR count). The zero-order valence-electron chi connectivity index (χ0n) is 19.3. The van der Waals surface area contributed by atoms with Gasteiger partial charge in [-0.15, -0.1) is 11.3 Å². The van der Waals surface area contributed by atoms with E-state index in [1.165, 1.54) is 17.6 Å². The van der Waals surface area contributed by atoms with Crippen LogP contribution in [0.1, 0.15) is 31.2 Å². The maximum absolute atomic E-state index is 12.8. The van der Waals surface area contributed by atoms with Crippen LogP contribution in [0.5, 0.6) is 5.75 Å². The summed E-state index contributed by atoms with van der Waals surface area (Å²) in [6.45, 7) is 0. The third kappa shape index (κ3) is 7.33. The van der Waals surface area contributed by atoms with Crippen LogP contribution in [0.3, 0.4) is 0 Å². The minimum atomic E-state index is -0.576. The quantitative estimate of drug-likeness (QED) is 0.0935. The molecule has 1 heterocycles. The SMILES string of the molecule is O=C(N/N=C\c1ccc(OC(=O)c2ccccc2Br)cc1)/C(=C\c1cccs1)NC(=O)c1ccccc1. The predicted molar refractivity (Wildman–Crippen MR) is 147 cm³/mol. The molecule has 0 saturated carbocycles. The standard InChI is InChI=1S/C28H20BrN3O4S/c29-24-11-5-4-10-23(24)28(35)36-21-14-12-19(13-15-21)18-30-32-27(34)25(17-22-9-6-16-37-22)31-26(33)20-7-2-1-3-8-20/h1-18H,(H,31,33)(H,32,34)/b25-17+,30-18-. The van der Waals surface area contributed by atoms with Gasteiger partial charge in [0.05, 0.1) is 11.8 Å². The molecule has 0 aliphatic rings. The summed E-state index contributed by atoms with van der Waals surface area (Å²) in [6, 6.07) is 25.9. The number of hydrazone groups is 1. The Morgan fingerprint density at radius 3 is 2.30 bits per heavy atom. The maximum atomic E-state index is 12.8. The summed E-state index contributed by atoms with van der Waals surface area (Å²) in [5, 5.41) is 8.52. The van der Waals surface area contributed by atoms with Crippen LogP contribution in [0, 0.1) is 0 Å². The Morgan fingerprint density at radius 2 is 1.59 bits per heavy atom. The second-order valence-electron chi connectivity index (χ2n) is 7.53. The van der Waals surface area contributed by atoms with Gasteiger partial charge in [-0.1, -0.05) is 36.4 Å². The number of thiophene rings is 1. The van der Waals surface area contributed by atoms with Crippen molar-refractivity contribution in [1.82, 2.24) is 10.7 Å². The third-order valence-corrected chi connectivity index (χ3v) is 6.43. The van der Waals surface area contributed by atoms with Crippen LogP contribution in [0.25, 0.3) is 6.08 Å². The van der Waals surface area contributed by atoms with Crippen LogP contribution >= 0.6 is 27.3 Å². The van der Waals surface area contributed by atoms with E-state index in [1.54, 1.807) is 78.9 Å². The van der Waals surface area contributed by atoms with Gasteiger partial charge in [0.15, 0.2) is 0 Å². The van der Waals surface area contributed by atoms with E-state index in [4.69, 9.17) is 4.74 Å². The summed E-state index contributed by atoms with van der Waals surface area (Å²) >= 11 is 4.77. The molecule has 2 amide bonds. The monoisotopic (exact) mass is 573 g/mol. The number of nitrogens with one attached hydrogen (secondary N) is 2. The van der Waals surface area contributed by atoms with Crippen molar-refractivity contribution in [3.8, 4) is 5.75 Å². The molecule has 0 atom stereocenters. The molecule has 0 radical (unpaired) electrons. The summed E-state index contributed by atoms with van der Waals surface area (Å²) in [7, 11) is 0. The Hall–Kier alpha value is -4.34. The first-order valence-electron chi connectivity index (χ1n) is 11.0. The van der Waals surface area contributed by atoms with Gasteiger partial charge >= 0.3 is 5.97 Å². The van der Waals surface area contributed by atoms with Crippen molar-refractivity contribution in [3.63, 3.8) is 0 Å². The molecule has 2 N–H and O–H groups in total. The van der Waals surface area contributed by atoms with Crippen LogP contribution in [0.4, 0.5) is 0 Å². The lowest BCUT2D eigenvalue weighted by Gasteiger charge is -2.08. The minimum Gasteiger partial charge on any atom is -0.423 e. The molecule has 0 bridgehead atoms. The molecule has 3 aromatic carbocycles. The molecule has 0 aliphatic heterocycles. The smallest absolute Gasteiger partial charge is 0.344 e. The van der Waals surface area contributed by atoms with Crippen molar-refractivity contribution in [2.45, 2.75) is 0 Å². The Morgan fingerprint density at radius 1 is 0.865 bits per heavy atom. The Labute approximate surface area is 225 Å². The highest BCUT2D eigenvalue weighted by molar-refractivity contribution is 9.10. The van der Waals surface area contributed by atoms with Gasteiger partial charge < -0.3 is 10.1 Å². The largest absolute Gasteiger partial charge is 0.423 e. The molecule has 7 nitrogen and oxygen atoms in total. The van der Waals surface area contributed by atoms with Crippen molar-refractivity contribution < 1.29 is 19.1 Å². The fourth-order valence-electron chi connectivity index (χ4n) is 3.09. The van der Waals surface area contributed by atoms with Gasteiger partial charge in [-0.3, -0.25) is 9.59 Å². The Kier molecular flexibility index (Phi) is 8.75. The van der Waals surface area contributed by atoms with Gasteiger partial charge in [-0.2, -0.15) is 5.10 Å². The maximum Gasteiger partial charge on any atom is 0.344 e. The van der Waals surface area contributed by atoms with Gasteiger partial charge in [0.1, 0.15) is 11.4 Å². The molecule has 9 heteroatoms. The number of amides is 2. The predicted octanol–water partition coefficient (Wildman–Crippen LogP) is 5.65. The number of rotatable bonds is 8. The van der Waals surface area contributed by atoms with Crippen molar-refractivity contribution >= 4 is 57.3 Å². The van der Waals surface area contributed by atoms with E-state index in [9.17, 15) is 14.4 Å². The summed E-state index contributed by atoms with van der Waals surface area (Å²) < 4.78 is 6.05. The summed E-state index contributed by atoms with van der Waals surface area (Å²) in [4.78, 5) is 38.5. The van der Waals surface area contributed by atoms with E-state index < -0.39 is 17.8 Å². The van der Waals surface area contributed by atoms with E-state index >= 15 is 0 Å². The lowest BCUT2D eigenvalue weighted by Crippen LogP contribution is -2.32. The summed E-state index contributed by atoms with van der Waals surface area (Å²) in [5.41, 5.74) is 4.00. The lowest BCUT2D eigenvalue weighted by atomic mass is 10.2. The lowest BCUT2D eigenvalue weighted by molar-refractivity contribution is -0.117. The van der Waals surface area contributed by atoms with Crippen molar-refractivity contribution in [1.29, 1.82) is 0 Å². The molecule has 0 saturated heterocycles. The molecule has 0 unspecified atom stereocenters. The molecule has 0 fully saturated rings. The first kappa shape index (κ1) is 25.7. The first-order chi connectivity index (χ1) is 18.0. The molecule has 4 aromatic rings. The van der Waals surface area contributed by atoms with Gasteiger partial charge in [0.2, 0.25) is 0 Å². The Bertz CT molecular complexity index is 1450. The number of halogens is 1. The number of carbonyl (C=O) groups excluding carboxylic acids is 3. The molecule has 0 aliphatic carbocycles. The number of benzene rings is 3. The number of esters is 1. The van der Waals surface area contributed by atoms with Gasteiger partial charge in [-0.05, 0) is 87.5 Å². The van der Waals surface area contributed by atoms with Gasteiger partial charge in [-0.25, -0.2) is 10.2 Å². The van der Waals surface area contributed by atoms with Gasteiger partial charge in [0.25, 0.3) is 11.8 Å². The van der Waals surface area contributed by atoms with Crippen LogP contribution < -0.4 is 15.5 Å². The Balaban J connectivity index is 1.39. The fraction of sp³-hybridized carbons (Fsp3) is 0. The topological polar surface area (TPSA) is 96.9 Å². The van der Waals surface area contributed by atoms with Crippen molar-refractivity contribution in [2.24, 2.45) is 5.10 Å². The van der Waals surface area contributed by atoms with E-state index in [-0.39, 0.29) is 5.70 Å². The number of nitrogens with zero attached hydrogens (tertiary/aromatic N) is 1. The average molecular weight is 574 g/mol. The molecular formula is C28H20BrN3O4S. The second-order valence-corrected chi connectivity index (χ2v) is 9.36. The number of carbonyl (C=O) groups is 3. The highest BCUT2D eigenvalue weighted by Gasteiger charge is 2.15. The highest BCUT2D eigenvalue weighted by atomic mass is 79.9. The molecule has 184 valence electrons. The van der Waals surface area contributed by atoms with Crippen molar-refractivity contribution in [2.75, 3.05) is 0 Å². The highest BCUT2D eigenvalue weighted by Crippen LogP contribution is 2.19. The number of hydrogen-bond donors (Lipinski definition) is 2. The molecular weight excluding hydrogens is 554 g/mol. The minimum absolute atomic E-state index is 0.0581. The van der Waals surface area contributed by atoms with E-state index in [0.29, 0.717) is 26.9 Å². The first-order valence-corrected chi connectivity index (χ1v) is 12.7. The second kappa shape index (κ2) is 12.6. The summed E-state index contributed by atoms with van der Waals surface area (Å²) in [5.74, 6) is -1.10. The van der Waals surface area contributed by atoms with E-state index in [1.807, 2.05) is 23.6 Å². The van der Waals surface area contributed by atoms with Crippen LogP contribution in [0.15, 0.2) is 112 Å². The van der Waals surface area contributed by atoms with E-state index in [0.717, 1.165) is 4.88 Å². The third-order valence-electron chi connectivity index (χ3n) is 4.92. The van der Waals surface area contributed by atoms with E-state index in [2.05, 4.69) is 31.8 Å². The van der Waals surface area contributed by atoms with Crippen LogP contribution in [0.2, 0.25) is 0 Å². The van der Waals surface area contributed by atoms with Crippen molar-refractivity contribution in [3.05, 3.63) is 128 Å². The summed E-state index contributed by atoms with van der Waals surface area (Å²) in [6.07, 6.45) is 3.03. The number of hydrogen-bond acceptors (Lipinski definition) is 6. The molecule has 1 aromatic heterocycles.